The van der Waals surface area contributed by atoms with E-state index in [1.807, 2.05) is 0 Å². The van der Waals surface area contributed by atoms with Crippen molar-refractivity contribution in [1.82, 2.24) is 0 Å². The molecule has 16 heavy (non-hydrogen) atoms. The maximum Gasteiger partial charge on any atom is 0.315 e. The van der Waals surface area contributed by atoms with Gasteiger partial charge < -0.3 is 14.6 Å². The summed E-state index contributed by atoms with van der Waals surface area (Å²) in [5.74, 6) is -0.0636. The third kappa shape index (κ3) is 1.96. The first-order valence-corrected chi connectivity index (χ1v) is 4.90. The molecule has 0 aliphatic carbocycles. The van der Waals surface area contributed by atoms with Gasteiger partial charge in [-0.1, -0.05) is 12.1 Å². The second-order valence-corrected chi connectivity index (χ2v) is 3.97. The maximum atomic E-state index is 11.7. The molecule has 88 valence electrons. The van der Waals surface area contributed by atoms with Gasteiger partial charge >= 0.3 is 5.97 Å². The Labute approximate surface area is 94.8 Å². The molecule has 0 aromatic heterocycles. The molecule has 1 rings (SSSR count). The molecule has 1 aromatic rings. The summed E-state index contributed by atoms with van der Waals surface area (Å²) in [5.41, 5.74) is -0.263. The Morgan fingerprint density at radius 2 is 1.94 bits per heavy atom. The fraction of sp³-hybridized carbons (Fsp3) is 0.417. The quantitative estimate of drug-likeness (QED) is 0.796. The summed E-state index contributed by atoms with van der Waals surface area (Å²) in [7, 11) is 2.78. The highest BCUT2D eigenvalue weighted by Crippen LogP contribution is 2.38. The van der Waals surface area contributed by atoms with Crippen molar-refractivity contribution < 1.29 is 19.4 Å². The minimum absolute atomic E-state index is 0.0111. The Hall–Kier alpha value is -1.71. The fourth-order valence-corrected chi connectivity index (χ4v) is 1.60. The lowest BCUT2D eigenvalue weighted by molar-refractivity contribution is -0.146. The molecule has 4 nitrogen and oxygen atoms in total. The number of para-hydroxylation sites is 1. The first kappa shape index (κ1) is 12.4. The highest BCUT2D eigenvalue weighted by molar-refractivity contribution is 5.83. The number of carbonyl (C=O) groups excluding carboxylic acids is 1. The van der Waals surface area contributed by atoms with Crippen LogP contribution in [-0.4, -0.2) is 25.3 Å². The number of carbonyl (C=O) groups is 1. The van der Waals surface area contributed by atoms with Crippen molar-refractivity contribution in [2.75, 3.05) is 14.2 Å². The molecule has 0 spiro atoms. The minimum Gasteiger partial charge on any atom is -0.504 e. The van der Waals surface area contributed by atoms with Crippen molar-refractivity contribution in [3.63, 3.8) is 0 Å². The molecule has 0 radical (unpaired) electrons. The first-order chi connectivity index (χ1) is 7.45. The molecule has 1 N–H and O–H groups in total. The molecule has 0 saturated heterocycles. The monoisotopic (exact) mass is 224 g/mol. The number of esters is 1. The highest BCUT2D eigenvalue weighted by Gasteiger charge is 2.34. The first-order valence-electron chi connectivity index (χ1n) is 4.90. The number of hydrogen-bond acceptors (Lipinski definition) is 4. The van der Waals surface area contributed by atoms with Gasteiger partial charge in [-0.25, -0.2) is 0 Å². The fourth-order valence-electron chi connectivity index (χ4n) is 1.60. The van der Waals surface area contributed by atoms with Crippen LogP contribution in [-0.2, 0) is 14.9 Å². The van der Waals surface area contributed by atoms with E-state index in [4.69, 9.17) is 9.47 Å². The molecule has 0 atom stereocenters. The topological polar surface area (TPSA) is 55.8 Å². The third-order valence-corrected chi connectivity index (χ3v) is 2.57. The van der Waals surface area contributed by atoms with E-state index in [9.17, 15) is 9.90 Å². The number of phenols is 1. The van der Waals surface area contributed by atoms with Crippen LogP contribution in [0.4, 0.5) is 0 Å². The average Bonchev–Trinajstić information content (AvgIpc) is 2.27. The molecular formula is C12H16O4. The molecule has 4 heteroatoms. The second-order valence-electron chi connectivity index (χ2n) is 3.97. The zero-order valence-electron chi connectivity index (χ0n) is 9.90. The standard InChI is InChI=1S/C12H16O4/c1-12(2,11(14)16-4)8-6-5-7-9(13)10(8)15-3/h5-7,13H,1-4H3. The SMILES string of the molecule is COC(=O)C(C)(C)c1cccc(O)c1OC. The zero-order chi connectivity index (χ0) is 12.3. The van der Waals surface area contributed by atoms with Crippen LogP contribution in [0.2, 0.25) is 0 Å². The molecular weight excluding hydrogens is 208 g/mol. The second kappa shape index (κ2) is 4.43. The van der Waals surface area contributed by atoms with Crippen LogP contribution < -0.4 is 4.74 Å². The van der Waals surface area contributed by atoms with Gasteiger partial charge in [0, 0.05) is 5.56 Å². The van der Waals surface area contributed by atoms with Gasteiger partial charge in [-0.15, -0.1) is 0 Å². The van der Waals surface area contributed by atoms with Gasteiger partial charge in [-0.3, -0.25) is 4.79 Å². The van der Waals surface area contributed by atoms with Gasteiger partial charge in [0.2, 0.25) is 0 Å². The summed E-state index contributed by atoms with van der Waals surface area (Å²) in [6, 6.07) is 4.91. The van der Waals surface area contributed by atoms with Crippen molar-refractivity contribution in [2.24, 2.45) is 0 Å². The molecule has 0 aliphatic heterocycles. The number of methoxy groups -OCH3 is 2. The van der Waals surface area contributed by atoms with E-state index in [0.717, 1.165) is 0 Å². The molecule has 0 heterocycles. The van der Waals surface area contributed by atoms with Crippen LogP contribution in [0, 0.1) is 0 Å². The van der Waals surface area contributed by atoms with E-state index in [1.54, 1.807) is 26.0 Å². The summed E-state index contributed by atoms with van der Waals surface area (Å²) < 4.78 is 9.83. The van der Waals surface area contributed by atoms with Crippen LogP contribution in [0.3, 0.4) is 0 Å². The van der Waals surface area contributed by atoms with Crippen LogP contribution >= 0.6 is 0 Å². The van der Waals surface area contributed by atoms with Crippen LogP contribution in [0.15, 0.2) is 18.2 Å². The van der Waals surface area contributed by atoms with E-state index < -0.39 is 5.41 Å². The predicted octanol–water partition coefficient (Wildman–Crippen LogP) is 1.85. The van der Waals surface area contributed by atoms with Crippen molar-refractivity contribution in [2.45, 2.75) is 19.3 Å². The van der Waals surface area contributed by atoms with E-state index >= 15 is 0 Å². The largest absolute Gasteiger partial charge is 0.504 e. The van der Waals surface area contributed by atoms with E-state index in [0.29, 0.717) is 11.3 Å². The number of aromatic hydroxyl groups is 1. The number of benzene rings is 1. The number of hydrogen-bond donors (Lipinski definition) is 1. The van der Waals surface area contributed by atoms with Crippen LogP contribution in [0.5, 0.6) is 11.5 Å². The van der Waals surface area contributed by atoms with E-state index in [-0.39, 0.29) is 11.7 Å². The van der Waals surface area contributed by atoms with Gasteiger partial charge in [0.15, 0.2) is 11.5 Å². The van der Waals surface area contributed by atoms with Gasteiger partial charge in [0.05, 0.1) is 19.6 Å². The van der Waals surface area contributed by atoms with Crippen molar-refractivity contribution in [3.8, 4) is 11.5 Å². The van der Waals surface area contributed by atoms with E-state index in [2.05, 4.69) is 0 Å². The van der Waals surface area contributed by atoms with Gasteiger partial charge in [0.1, 0.15) is 0 Å². The number of rotatable bonds is 3. The summed E-state index contributed by atoms with van der Waals surface area (Å²) >= 11 is 0. The zero-order valence-corrected chi connectivity index (χ0v) is 9.90. The van der Waals surface area contributed by atoms with Crippen molar-refractivity contribution in [3.05, 3.63) is 23.8 Å². The van der Waals surface area contributed by atoms with Gasteiger partial charge in [0.25, 0.3) is 0 Å². The lowest BCUT2D eigenvalue weighted by atomic mass is 9.84. The third-order valence-electron chi connectivity index (χ3n) is 2.57. The van der Waals surface area contributed by atoms with E-state index in [1.165, 1.54) is 20.3 Å². The molecule has 0 amide bonds. The molecule has 1 aromatic carbocycles. The summed E-state index contributed by atoms with van der Waals surface area (Å²) in [6.45, 7) is 3.44. The smallest absolute Gasteiger partial charge is 0.315 e. The van der Waals surface area contributed by atoms with Gasteiger partial charge in [-0.2, -0.15) is 0 Å². The summed E-state index contributed by atoms with van der Waals surface area (Å²) in [6.07, 6.45) is 0. The lowest BCUT2D eigenvalue weighted by Gasteiger charge is -2.24. The van der Waals surface area contributed by atoms with Crippen LogP contribution in [0.25, 0.3) is 0 Å². The predicted molar refractivity (Wildman–Crippen MR) is 59.7 cm³/mol. The Morgan fingerprint density at radius 3 is 2.44 bits per heavy atom. The average molecular weight is 224 g/mol. The van der Waals surface area contributed by atoms with Crippen molar-refractivity contribution >= 4 is 5.97 Å². The van der Waals surface area contributed by atoms with Crippen molar-refractivity contribution in [1.29, 1.82) is 0 Å². The Morgan fingerprint density at radius 1 is 1.31 bits per heavy atom. The number of phenolic OH excluding ortho intramolecular Hbond substituents is 1. The number of ether oxygens (including phenoxy) is 2. The Kier molecular flexibility index (Phi) is 3.42. The minimum atomic E-state index is -0.862. The normalized spacial score (nSPS) is 11.0. The Balaban J connectivity index is 3.32. The van der Waals surface area contributed by atoms with Crippen LogP contribution in [0.1, 0.15) is 19.4 Å². The lowest BCUT2D eigenvalue weighted by Crippen LogP contribution is -2.30. The van der Waals surface area contributed by atoms with Gasteiger partial charge in [-0.05, 0) is 19.9 Å². The Bertz CT molecular complexity index is 396. The molecule has 0 saturated carbocycles. The molecule has 0 unspecified atom stereocenters. The molecule has 0 bridgehead atoms. The highest BCUT2D eigenvalue weighted by atomic mass is 16.5. The summed E-state index contributed by atoms with van der Waals surface area (Å²) in [5, 5.41) is 9.63. The molecule has 0 aliphatic rings. The molecule has 0 fully saturated rings. The summed E-state index contributed by atoms with van der Waals surface area (Å²) in [4.78, 5) is 11.7. The maximum absolute atomic E-state index is 11.7.